The minimum absolute atomic E-state index is 0.163. The van der Waals surface area contributed by atoms with Crippen molar-refractivity contribution in [2.75, 3.05) is 5.32 Å². The number of anilines is 1. The summed E-state index contributed by atoms with van der Waals surface area (Å²) in [6.07, 6.45) is 1.66. The number of nitrogens with one attached hydrogen (secondary N) is 2. The van der Waals surface area contributed by atoms with Crippen molar-refractivity contribution in [2.45, 2.75) is 33.2 Å². The number of carbonyl (C=O) groups excluding carboxylic acids is 2. The summed E-state index contributed by atoms with van der Waals surface area (Å²) >= 11 is 0. The molecule has 0 saturated carbocycles. The van der Waals surface area contributed by atoms with Crippen LogP contribution in [0, 0.1) is 6.92 Å². The predicted octanol–water partition coefficient (Wildman–Crippen LogP) is 6.10. The number of hydrogen-bond donors (Lipinski definition) is 2. The Morgan fingerprint density at radius 1 is 0.853 bits per heavy atom. The molecular formula is C28H27N3O3. The first-order valence-electron chi connectivity index (χ1n) is 11.1. The van der Waals surface area contributed by atoms with Crippen molar-refractivity contribution in [1.82, 2.24) is 10.3 Å². The number of hydrogen-bond acceptors (Lipinski definition) is 4. The summed E-state index contributed by atoms with van der Waals surface area (Å²) in [7, 11) is 0. The van der Waals surface area contributed by atoms with Gasteiger partial charge in [0.05, 0.1) is 11.8 Å². The van der Waals surface area contributed by atoms with Gasteiger partial charge in [0.25, 0.3) is 11.8 Å². The fourth-order valence-electron chi connectivity index (χ4n) is 3.43. The molecule has 4 aromatic rings. The van der Waals surface area contributed by atoms with Crippen molar-refractivity contribution in [1.29, 1.82) is 0 Å². The van der Waals surface area contributed by atoms with Gasteiger partial charge >= 0.3 is 0 Å². The molecule has 0 bridgehead atoms. The molecule has 34 heavy (non-hydrogen) atoms. The molecule has 0 spiro atoms. The zero-order chi connectivity index (χ0) is 24.3. The normalized spacial score (nSPS) is 11.2. The molecule has 0 aliphatic rings. The Labute approximate surface area is 199 Å². The summed E-state index contributed by atoms with van der Waals surface area (Å²) in [5, 5.41) is 5.81. The fourth-order valence-corrected chi connectivity index (χ4v) is 3.43. The van der Waals surface area contributed by atoms with Crippen molar-refractivity contribution < 1.29 is 14.0 Å². The molecular weight excluding hydrogens is 426 g/mol. The number of benzene rings is 3. The maximum absolute atomic E-state index is 13.1. The van der Waals surface area contributed by atoms with Crippen LogP contribution in [0.2, 0.25) is 0 Å². The van der Waals surface area contributed by atoms with E-state index < -0.39 is 0 Å². The molecule has 0 fully saturated rings. The highest BCUT2D eigenvalue weighted by atomic mass is 16.4. The molecule has 2 amide bonds. The van der Waals surface area contributed by atoms with Gasteiger partial charge in [0.1, 0.15) is 0 Å². The van der Waals surface area contributed by atoms with E-state index in [9.17, 15) is 9.59 Å². The van der Waals surface area contributed by atoms with Gasteiger partial charge in [0.2, 0.25) is 5.89 Å². The smallest absolute Gasteiger partial charge is 0.256 e. The number of carbonyl (C=O) groups is 2. The number of nitrogens with zero attached hydrogens (tertiary/aromatic N) is 1. The first-order valence-corrected chi connectivity index (χ1v) is 11.1. The van der Waals surface area contributed by atoms with Crippen LogP contribution in [0.5, 0.6) is 0 Å². The molecule has 1 heterocycles. The van der Waals surface area contributed by atoms with Crippen LogP contribution in [0.25, 0.3) is 22.8 Å². The zero-order valence-electron chi connectivity index (χ0n) is 19.7. The second-order valence-corrected chi connectivity index (χ2v) is 9.18. The Hall–Kier alpha value is -4.19. The third-order valence-electron chi connectivity index (χ3n) is 5.14. The highest BCUT2D eigenvalue weighted by Gasteiger charge is 2.18. The molecule has 0 radical (unpaired) electrons. The first-order chi connectivity index (χ1) is 16.2. The number of aromatic nitrogens is 1. The molecule has 0 atom stereocenters. The zero-order valence-corrected chi connectivity index (χ0v) is 19.7. The quantitative estimate of drug-likeness (QED) is 0.383. The highest BCUT2D eigenvalue weighted by Crippen LogP contribution is 2.29. The van der Waals surface area contributed by atoms with E-state index in [1.807, 2.05) is 58.0 Å². The second kappa shape index (κ2) is 9.35. The van der Waals surface area contributed by atoms with Gasteiger partial charge in [-0.05, 0) is 64.1 Å². The maximum Gasteiger partial charge on any atom is 0.256 e. The third-order valence-corrected chi connectivity index (χ3v) is 5.14. The monoisotopic (exact) mass is 453 g/mol. The van der Waals surface area contributed by atoms with E-state index in [2.05, 4.69) is 15.6 Å². The lowest BCUT2D eigenvalue weighted by molar-refractivity contribution is 0.0919. The van der Waals surface area contributed by atoms with Crippen molar-refractivity contribution in [3.63, 3.8) is 0 Å². The standard InChI is InChI=1S/C28H27N3O3/c1-18-9-11-19(12-10-18)24-17-29-27(34-24)23-8-6-5-7-22(23)26(33)30-21-15-13-20(14-16-21)25(32)31-28(2,3)4/h5-17H,1-4H3,(H,30,33)(H,31,32). The summed E-state index contributed by atoms with van der Waals surface area (Å²) in [6.45, 7) is 7.80. The van der Waals surface area contributed by atoms with E-state index in [0.717, 1.165) is 11.1 Å². The minimum atomic E-state index is -0.327. The molecule has 0 saturated heterocycles. The summed E-state index contributed by atoms with van der Waals surface area (Å²) in [4.78, 5) is 29.8. The Morgan fingerprint density at radius 2 is 1.53 bits per heavy atom. The van der Waals surface area contributed by atoms with Gasteiger partial charge in [-0.15, -0.1) is 0 Å². The SMILES string of the molecule is Cc1ccc(-c2cnc(-c3ccccc3C(=O)Nc3ccc(C(=O)NC(C)(C)C)cc3)o2)cc1. The molecule has 6 nitrogen and oxygen atoms in total. The topological polar surface area (TPSA) is 84.2 Å². The van der Waals surface area contributed by atoms with Crippen LogP contribution in [-0.2, 0) is 0 Å². The lowest BCUT2D eigenvalue weighted by Crippen LogP contribution is -2.40. The van der Waals surface area contributed by atoms with Crippen LogP contribution in [-0.4, -0.2) is 22.3 Å². The highest BCUT2D eigenvalue weighted by molar-refractivity contribution is 6.08. The van der Waals surface area contributed by atoms with Crippen LogP contribution >= 0.6 is 0 Å². The number of oxazole rings is 1. The molecule has 4 rings (SSSR count). The van der Waals surface area contributed by atoms with E-state index in [-0.39, 0.29) is 17.4 Å². The third kappa shape index (κ3) is 5.41. The van der Waals surface area contributed by atoms with Gasteiger partial charge in [-0.25, -0.2) is 4.98 Å². The number of rotatable bonds is 5. The van der Waals surface area contributed by atoms with E-state index in [0.29, 0.717) is 34.0 Å². The number of amides is 2. The van der Waals surface area contributed by atoms with E-state index in [1.165, 1.54) is 0 Å². The van der Waals surface area contributed by atoms with Gasteiger partial charge in [-0.3, -0.25) is 9.59 Å². The van der Waals surface area contributed by atoms with Gasteiger partial charge in [0, 0.05) is 27.9 Å². The molecule has 6 heteroatoms. The maximum atomic E-state index is 13.1. The Balaban J connectivity index is 1.52. The van der Waals surface area contributed by atoms with Crippen molar-refractivity contribution >= 4 is 17.5 Å². The summed E-state index contributed by atoms with van der Waals surface area (Å²) in [5.41, 5.74) is 3.90. The molecule has 1 aromatic heterocycles. The Bertz CT molecular complexity index is 1310. The average Bonchev–Trinajstić information content (AvgIpc) is 3.29. The lowest BCUT2D eigenvalue weighted by atomic mass is 10.1. The van der Waals surface area contributed by atoms with E-state index in [4.69, 9.17) is 4.42 Å². The Morgan fingerprint density at radius 3 is 2.21 bits per heavy atom. The summed E-state index contributed by atoms with van der Waals surface area (Å²) < 4.78 is 5.98. The molecule has 0 aliphatic carbocycles. The summed E-state index contributed by atoms with van der Waals surface area (Å²) in [5.74, 6) is 0.548. The fraction of sp³-hybridized carbons (Fsp3) is 0.179. The van der Waals surface area contributed by atoms with Gasteiger partial charge < -0.3 is 15.1 Å². The Kier molecular flexibility index (Phi) is 6.32. The molecule has 2 N–H and O–H groups in total. The average molecular weight is 454 g/mol. The molecule has 172 valence electrons. The second-order valence-electron chi connectivity index (χ2n) is 9.18. The van der Waals surface area contributed by atoms with Crippen molar-refractivity contribution in [3.8, 4) is 22.8 Å². The van der Waals surface area contributed by atoms with Gasteiger partial charge in [0.15, 0.2) is 5.76 Å². The first kappa shape index (κ1) is 23.0. The van der Waals surface area contributed by atoms with Gasteiger partial charge in [-0.2, -0.15) is 0 Å². The van der Waals surface area contributed by atoms with E-state index >= 15 is 0 Å². The minimum Gasteiger partial charge on any atom is -0.436 e. The van der Waals surface area contributed by atoms with Gasteiger partial charge in [-0.1, -0.05) is 42.0 Å². The molecule has 0 unspecified atom stereocenters. The van der Waals surface area contributed by atoms with Crippen LogP contribution in [0.4, 0.5) is 5.69 Å². The molecule has 0 aliphatic heterocycles. The van der Waals surface area contributed by atoms with Crippen LogP contribution in [0.1, 0.15) is 47.1 Å². The molecule has 3 aromatic carbocycles. The van der Waals surface area contributed by atoms with Crippen LogP contribution < -0.4 is 10.6 Å². The predicted molar refractivity (Wildman–Crippen MR) is 134 cm³/mol. The van der Waals surface area contributed by atoms with Crippen molar-refractivity contribution in [2.24, 2.45) is 0 Å². The lowest BCUT2D eigenvalue weighted by Gasteiger charge is -2.20. The van der Waals surface area contributed by atoms with Crippen molar-refractivity contribution in [3.05, 3.63) is 95.7 Å². The number of aryl methyl sites for hydroxylation is 1. The summed E-state index contributed by atoms with van der Waals surface area (Å²) in [6, 6.07) is 21.9. The van der Waals surface area contributed by atoms with Crippen LogP contribution in [0.3, 0.4) is 0 Å². The largest absolute Gasteiger partial charge is 0.436 e. The van der Waals surface area contributed by atoms with E-state index in [1.54, 1.807) is 48.7 Å². The van der Waals surface area contributed by atoms with Crippen LogP contribution in [0.15, 0.2) is 83.4 Å².